The van der Waals surface area contributed by atoms with Crippen LogP contribution in [-0.4, -0.2) is 5.91 Å². The van der Waals surface area contributed by atoms with Gasteiger partial charge in [0.05, 0.1) is 4.88 Å². The largest absolute Gasteiger partial charge is 0.321 e. The van der Waals surface area contributed by atoms with Crippen molar-refractivity contribution in [2.75, 3.05) is 5.32 Å². The lowest BCUT2D eigenvalue weighted by atomic mass is 10.1. The van der Waals surface area contributed by atoms with Crippen LogP contribution in [0.4, 0.5) is 5.69 Å². The summed E-state index contributed by atoms with van der Waals surface area (Å²) in [5, 5.41) is 4.99. The van der Waals surface area contributed by atoms with E-state index >= 15 is 0 Å². The predicted octanol–water partition coefficient (Wildman–Crippen LogP) is 5.28. The van der Waals surface area contributed by atoms with E-state index in [1.165, 1.54) is 16.9 Å². The molecule has 3 rings (SSSR count). The Balaban J connectivity index is 1.91. The lowest BCUT2D eigenvalue weighted by Crippen LogP contribution is -2.12. The van der Waals surface area contributed by atoms with E-state index in [0.717, 1.165) is 27.3 Å². The fraction of sp³-hybridized carbons (Fsp3) is 0.105. The number of thiophene rings is 1. The van der Waals surface area contributed by atoms with Gasteiger partial charge in [0.2, 0.25) is 0 Å². The maximum Gasteiger partial charge on any atom is 0.266 e. The molecule has 2 nitrogen and oxygen atoms in total. The Kier molecular flexibility index (Phi) is 4.07. The van der Waals surface area contributed by atoms with Gasteiger partial charge in [-0.05, 0) is 48.1 Å². The Morgan fingerprint density at radius 3 is 2.50 bits per heavy atom. The number of hydrogen-bond acceptors (Lipinski definition) is 2. The SMILES string of the molecule is Cc1cccc(NC(=O)c2sccc2-c2ccccc2)c1C. The zero-order valence-electron chi connectivity index (χ0n) is 12.6. The number of rotatable bonds is 3. The third-order valence-corrected chi connectivity index (χ3v) is 4.72. The van der Waals surface area contributed by atoms with Gasteiger partial charge in [-0.2, -0.15) is 0 Å². The van der Waals surface area contributed by atoms with Gasteiger partial charge in [-0.25, -0.2) is 0 Å². The van der Waals surface area contributed by atoms with E-state index in [-0.39, 0.29) is 5.91 Å². The summed E-state index contributed by atoms with van der Waals surface area (Å²) in [6, 6.07) is 17.9. The van der Waals surface area contributed by atoms with Gasteiger partial charge < -0.3 is 5.32 Å². The molecule has 2 aromatic carbocycles. The molecule has 0 radical (unpaired) electrons. The molecule has 0 saturated heterocycles. The highest BCUT2D eigenvalue weighted by atomic mass is 32.1. The first-order valence-electron chi connectivity index (χ1n) is 7.17. The molecule has 1 heterocycles. The van der Waals surface area contributed by atoms with Gasteiger partial charge in [0.1, 0.15) is 0 Å². The Morgan fingerprint density at radius 2 is 1.73 bits per heavy atom. The molecule has 0 atom stereocenters. The molecule has 22 heavy (non-hydrogen) atoms. The topological polar surface area (TPSA) is 29.1 Å². The number of hydrogen-bond donors (Lipinski definition) is 1. The van der Waals surface area contributed by atoms with Gasteiger partial charge in [-0.1, -0.05) is 42.5 Å². The van der Waals surface area contributed by atoms with Crippen LogP contribution in [0.15, 0.2) is 60.0 Å². The summed E-state index contributed by atoms with van der Waals surface area (Å²) in [5.41, 5.74) is 5.20. The van der Waals surface area contributed by atoms with Gasteiger partial charge in [0.25, 0.3) is 5.91 Å². The number of benzene rings is 2. The molecule has 0 aliphatic heterocycles. The van der Waals surface area contributed by atoms with Gasteiger partial charge in [0, 0.05) is 11.3 Å². The molecule has 0 aliphatic carbocycles. The number of aryl methyl sites for hydroxylation is 1. The summed E-state index contributed by atoms with van der Waals surface area (Å²) in [4.78, 5) is 13.4. The van der Waals surface area contributed by atoms with E-state index in [9.17, 15) is 4.79 Å². The van der Waals surface area contributed by atoms with E-state index in [0.29, 0.717) is 0 Å². The number of amides is 1. The average Bonchev–Trinajstić information content (AvgIpc) is 3.02. The Bertz CT molecular complexity index is 805. The maximum atomic E-state index is 12.6. The van der Waals surface area contributed by atoms with Crippen molar-refractivity contribution in [1.82, 2.24) is 0 Å². The Hall–Kier alpha value is -2.39. The fourth-order valence-electron chi connectivity index (χ4n) is 2.40. The normalized spacial score (nSPS) is 10.5. The van der Waals surface area contributed by atoms with Crippen LogP contribution >= 0.6 is 11.3 Å². The van der Waals surface area contributed by atoms with E-state index in [2.05, 4.69) is 5.32 Å². The zero-order chi connectivity index (χ0) is 15.5. The highest BCUT2D eigenvalue weighted by Gasteiger charge is 2.15. The van der Waals surface area contributed by atoms with Crippen LogP contribution in [-0.2, 0) is 0 Å². The molecule has 1 N–H and O–H groups in total. The highest BCUT2D eigenvalue weighted by molar-refractivity contribution is 7.12. The number of anilines is 1. The van der Waals surface area contributed by atoms with E-state index < -0.39 is 0 Å². The van der Waals surface area contributed by atoms with Gasteiger partial charge >= 0.3 is 0 Å². The van der Waals surface area contributed by atoms with Gasteiger partial charge in [0.15, 0.2) is 0 Å². The molecule has 1 aromatic heterocycles. The minimum Gasteiger partial charge on any atom is -0.321 e. The van der Waals surface area contributed by atoms with Crippen molar-refractivity contribution >= 4 is 22.9 Å². The molecule has 3 heteroatoms. The van der Waals surface area contributed by atoms with Crippen LogP contribution in [0.25, 0.3) is 11.1 Å². The van der Waals surface area contributed by atoms with E-state index in [4.69, 9.17) is 0 Å². The quantitative estimate of drug-likeness (QED) is 0.700. The summed E-state index contributed by atoms with van der Waals surface area (Å²) in [6.45, 7) is 4.07. The first-order valence-corrected chi connectivity index (χ1v) is 8.05. The molecule has 1 amide bonds. The molecule has 0 saturated carbocycles. The smallest absolute Gasteiger partial charge is 0.266 e. The standard InChI is InChI=1S/C19H17NOS/c1-13-7-6-10-17(14(13)2)20-19(21)18-16(11-12-22-18)15-8-4-3-5-9-15/h3-12H,1-2H3,(H,20,21). The fourth-order valence-corrected chi connectivity index (χ4v) is 3.21. The van der Waals surface area contributed by atoms with Crippen molar-refractivity contribution in [3.63, 3.8) is 0 Å². The molecule has 0 unspecified atom stereocenters. The number of carbonyl (C=O) groups is 1. The zero-order valence-corrected chi connectivity index (χ0v) is 13.4. The number of nitrogens with one attached hydrogen (secondary N) is 1. The summed E-state index contributed by atoms with van der Waals surface area (Å²) in [5.74, 6) is -0.0532. The van der Waals surface area contributed by atoms with Crippen molar-refractivity contribution in [2.45, 2.75) is 13.8 Å². The van der Waals surface area contributed by atoms with Crippen LogP contribution in [0.2, 0.25) is 0 Å². The van der Waals surface area contributed by atoms with Crippen molar-refractivity contribution in [3.8, 4) is 11.1 Å². The summed E-state index contributed by atoms with van der Waals surface area (Å²) in [6.07, 6.45) is 0. The van der Waals surface area contributed by atoms with Crippen LogP contribution in [0, 0.1) is 13.8 Å². The first-order chi connectivity index (χ1) is 10.7. The molecular formula is C19H17NOS. The Morgan fingerprint density at radius 1 is 0.955 bits per heavy atom. The molecule has 0 aliphatic rings. The van der Waals surface area contributed by atoms with Crippen LogP contribution in [0.5, 0.6) is 0 Å². The summed E-state index contributed by atoms with van der Waals surface area (Å²) >= 11 is 1.47. The average molecular weight is 307 g/mol. The summed E-state index contributed by atoms with van der Waals surface area (Å²) < 4.78 is 0. The van der Waals surface area contributed by atoms with Crippen LogP contribution < -0.4 is 5.32 Å². The second-order valence-corrected chi connectivity index (χ2v) is 6.15. The highest BCUT2D eigenvalue weighted by Crippen LogP contribution is 2.29. The number of carbonyl (C=O) groups excluding carboxylic acids is 1. The van der Waals surface area contributed by atoms with Crippen molar-refractivity contribution in [1.29, 1.82) is 0 Å². The van der Waals surface area contributed by atoms with Crippen molar-refractivity contribution in [3.05, 3.63) is 76.0 Å². The predicted molar refractivity (Wildman–Crippen MR) is 93.6 cm³/mol. The van der Waals surface area contributed by atoms with E-state index in [1.54, 1.807) is 0 Å². The van der Waals surface area contributed by atoms with Gasteiger partial charge in [-0.3, -0.25) is 4.79 Å². The van der Waals surface area contributed by atoms with Gasteiger partial charge in [-0.15, -0.1) is 11.3 Å². The third-order valence-electron chi connectivity index (χ3n) is 3.81. The third kappa shape index (κ3) is 2.81. The summed E-state index contributed by atoms with van der Waals surface area (Å²) in [7, 11) is 0. The second kappa shape index (κ2) is 6.16. The van der Waals surface area contributed by atoms with E-state index in [1.807, 2.05) is 73.8 Å². The van der Waals surface area contributed by atoms with Crippen LogP contribution in [0.1, 0.15) is 20.8 Å². The first kappa shape index (κ1) is 14.5. The minimum atomic E-state index is -0.0532. The lowest BCUT2D eigenvalue weighted by molar-refractivity contribution is 0.103. The second-order valence-electron chi connectivity index (χ2n) is 5.23. The molecular weight excluding hydrogens is 290 g/mol. The molecule has 0 spiro atoms. The minimum absolute atomic E-state index is 0.0532. The maximum absolute atomic E-state index is 12.6. The van der Waals surface area contributed by atoms with Crippen molar-refractivity contribution < 1.29 is 4.79 Å². The molecule has 0 fully saturated rings. The van der Waals surface area contributed by atoms with Crippen LogP contribution in [0.3, 0.4) is 0 Å². The molecule has 0 bridgehead atoms. The lowest BCUT2D eigenvalue weighted by Gasteiger charge is -2.10. The van der Waals surface area contributed by atoms with Crippen molar-refractivity contribution in [2.24, 2.45) is 0 Å². The monoisotopic (exact) mass is 307 g/mol. The molecule has 3 aromatic rings. The molecule has 110 valence electrons. The Labute approximate surface area is 134 Å².